The van der Waals surface area contributed by atoms with Gasteiger partial charge in [0.05, 0.1) is 6.61 Å². The second-order valence-electron chi connectivity index (χ2n) is 10.6. The number of aliphatic carboxylic acids is 2. The van der Waals surface area contributed by atoms with Crippen molar-refractivity contribution in [3.63, 3.8) is 0 Å². The molecule has 226 valence electrons. The van der Waals surface area contributed by atoms with Crippen LogP contribution in [0.15, 0.2) is 91.0 Å². The standard InChI is InChI=1S/C30H32F2N2O.C4H4O4/c1-22-5-2-3-6-23(22)7-4-16-34-28-19-29(34)21-33(20-28)17-18-35-30(24-8-12-26(31)13-9-24)25-10-14-27(32)15-11-25;5-3(6)1-2-4(7)8/h2-15,28-30H,16-21H2,1H3;1-2H,(H,5,6)(H,7,8)/b7-4+;2-1+. The molecule has 2 N–H and O–H groups in total. The molecule has 3 aromatic carbocycles. The lowest BCUT2D eigenvalue weighted by molar-refractivity contribution is -0.134. The normalized spacial score (nSPS) is 18.4. The Morgan fingerprint density at radius 1 is 0.884 bits per heavy atom. The highest BCUT2D eigenvalue weighted by atomic mass is 19.1. The predicted octanol–water partition coefficient (Wildman–Crippen LogP) is 5.56. The summed E-state index contributed by atoms with van der Waals surface area (Å²) in [6, 6.07) is 22.4. The van der Waals surface area contributed by atoms with Crippen molar-refractivity contribution < 1.29 is 33.3 Å². The SMILES string of the molecule is Cc1ccccc1/C=C/CN1C2CC1CN(CCOC(c1ccc(F)cc1)c1ccc(F)cc1)C2.O=C(O)/C=C/C(=O)O. The molecule has 3 aromatic rings. The fourth-order valence-corrected chi connectivity index (χ4v) is 5.43. The van der Waals surface area contributed by atoms with Crippen LogP contribution in [0.3, 0.4) is 0 Å². The molecule has 3 saturated heterocycles. The lowest BCUT2D eigenvalue weighted by Crippen LogP contribution is -2.68. The molecule has 2 bridgehead atoms. The quantitative estimate of drug-likeness (QED) is 0.283. The summed E-state index contributed by atoms with van der Waals surface area (Å²) >= 11 is 0. The zero-order valence-corrected chi connectivity index (χ0v) is 24.0. The third-order valence-electron chi connectivity index (χ3n) is 7.63. The Bertz CT molecular complexity index is 1350. The van der Waals surface area contributed by atoms with Gasteiger partial charge in [0.15, 0.2) is 0 Å². The molecular weight excluding hydrogens is 554 g/mol. The average molecular weight is 591 g/mol. The average Bonchev–Trinajstić information content (AvgIpc) is 2.99. The van der Waals surface area contributed by atoms with E-state index in [4.69, 9.17) is 14.9 Å². The zero-order valence-electron chi connectivity index (χ0n) is 24.0. The molecule has 3 aliphatic heterocycles. The van der Waals surface area contributed by atoms with Crippen molar-refractivity contribution in [3.8, 4) is 0 Å². The van der Waals surface area contributed by atoms with Gasteiger partial charge >= 0.3 is 11.9 Å². The summed E-state index contributed by atoms with van der Waals surface area (Å²) in [6.45, 7) is 6.65. The highest BCUT2D eigenvalue weighted by molar-refractivity contribution is 5.89. The van der Waals surface area contributed by atoms with Gasteiger partial charge in [0.1, 0.15) is 17.7 Å². The molecule has 2 unspecified atom stereocenters. The molecule has 0 spiro atoms. The summed E-state index contributed by atoms with van der Waals surface area (Å²) in [5, 5.41) is 15.6. The Kier molecular flexibility index (Phi) is 11.3. The Labute approximate surface area is 250 Å². The molecule has 6 rings (SSSR count). The van der Waals surface area contributed by atoms with E-state index in [1.54, 1.807) is 24.3 Å². The molecule has 2 atom stereocenters. The molecule has 0 amide bonds. The minimum Gasteiger partial charge on any atom is -0.478 e. The van der Waals surface area contributed by atoms with Gasteiger partial charge in [0.2, 0.25) is 0 Å². The lowest BCUT2D eigenvalue weighted by atomic mass is 9.87. The smallest absolute Gasteiger partial charge is 0.328 e. The Balaban J connectivity index is 0.000000467. The summed E-state index contributed by atoms with van der Waals surface area (Å²) in [6.07, 6.45) is 6.56. The third kappa shape index (κ3) is 9.41. The monoisotopic (exact) mass is 590 g/mol. The highest BCUT2D eigenvalue weighted by Crippen LogP contribution is 2.32. The van der Waals surface area contributed by atoms with E-state index in [2.05, 4.69) is 53.1 Å². The number of benzene rings is 3. The molecular formula is C34H36F2N2O5. The topological polar surface area (TPSA) is 90.3 Å². The first-order valence-electron chi connectivity index (χ1n) is 14.2. The second-order valence-corrected chi connectivity index (χ2v) is 10.6. The van der Waals surface area contributed by atoms with Crippen LogP contribution in [0, 0.1) is 18.6 Å². The van der Waals surface area contributed by atoms with Crippen LogP contribution in [0.4, 0.5) is 8.78 Å². The highest BCUT2D eigenvalue weighted by Gasteiger charge is 2.43. The van der Waals surface area contributed by atoms with E-state index in [-0.39, 0.29) is 17.7 Å². The number of aryl methyl sites for hydroxylation is 1. The second kappa shape index (κ2) is 15.3. The van der Waals surface area contributed by atoms with Crippen LogP contribution in [-0.4, -0.2) is 76.8 Å². The number of fused-ring (bicyclic) bond motifs is 2. The van der Waals surface area contributed by atoms with Crippen LogP contribution in [0.1, 0.15) is 34.8 Å². The molecule has 0 saturated carbocycles. The Hall–Kier alpha value is -4.18. The molecule has 0 radical (unpaired) electrons. The predicted molar refractivity (Wildman–Crippen MR) is 161 cm³/mol. The van der Waals surface area contributed by atoms with Crippen LogP contribution in [0.5, 0.6) is 0 Å². The number of ether oxygens (including phenoxy) is 1. The number of halogens is 2. The number of nitrogens with zero attached hydrogens (tertiary/aromatic N) is 2. The molecule has 7 nitrogen and oxygen atoms in total. The molecule has 3 aliphatic rings. The number of carbonyl (C=O) groups is 2. The van der Waals surface area contributed by atoms with Gasteiger partial charge in [-0.25, -0.2) is 18.4 Å². The van der Waals surface area contributed by atoms with Crippen LogP contribution in [0.25, 0.3) is 6.08 Å². The number of hydrogen-bond donors (Lipinski definition) is 2. The van der Waals surface area contributed by atoms with Gasteiger partial charge < -0.3 is 14.9 Å². The number of carboxylic acid groups (broad SMARTS) is 2. The fourth-order valence-electron chi connectivity index (χ4n) is 5.43. The first-order valence-corrected chi connectivity index (χ1v) is 14.2. The number of hydrogen-bond acceptors (Lipinski definition) is 5. The van der Waals surface area contributed by atoms with Gasteiger partial charge in [-0.2, -0.15) is 0 Å². The minimum absolute atomic E-state index is 0.280. The summed E-state index contributed by atoms with van der Waals surface area (Å²) in [5.74, 6) is -3.07. The van der Waals surface area contributed by atoms with Crippen molar-refractivity contribution in [2.24, 2.45) is 0 Å². The van der Waals surface area contributed by atoms with Gasteiger partial charge in [-0.05, 0) is 59.9 Å². The van der Waals surface area contributed by atoms with E-state index in [0.29, 0.717) is 30.8 Å². The number of rotatable bonds is 11. The van der Waals surface area contributed by atoms with E-state index >= 15 is 0 Å². The van der Waals surface area contributed by atoms with E-state index in [0.717, 1.165) is 37.3 Å². The van der Waals surface area contributed by atoms with Crippen molar-refractivity contribution in [2.45, 2.75) is 31.5 Å². The maximum absolute atomic E-state index is 13.4. The van der Waals surface area contributed by atoms with Crippen LogP contribution in [-0.2, 0) is 14.3 Å². The molecule has 0 aliphatic carbocycles. The van der Waals surface area contributed by atoms with Crippen molar-refractivity contribution in [1.82, 2.24) is 9.80 Å². The van der Waals surface area contributed by atoms with Gasteiger partial charge in [-0.3, -0.25) is 9.80 Å². The van der Waals surface area contributed by atoms with Crippen LogP contribution >= 0.6 is 0 Å². The Morgan fingerprint density at radius 2 is 1.42 bits per heavy atom. The molecule has 0 aromatic heterocycles. The van der Waals surface area contributed by atoms with E-state index in [1.165, 1.54) is 41.8 Å². The van der Waals surface area contributed by atoms with Gasteiger partial charge in [0, 0.05) is 50.4 Å². The first-order chi connectivity index (χ1) is 20.7. The van der Waals surface area contributed by atoms with Crippen LogP contribution < -0.4 is 0 Å². The first kappa shape index (κ1) is 31.7. The minimum atomic E-state index is -1.26. The van der Waals surface area contributed by atoms with E-state index in [1.807, 2.05) is 0 Å². The van der Waals surface area contributed by atoms with E-state index in [9.17, 15) is 18.4 Å². The van der Waals surface area contributed by atoms with Crippen molar-refractivity contribution in [1.29, 1.82) is 0 Å². The molecule has 3 fully saturated rings. The third-order valence-corrected chi connectivity index (χ3v) is 7.63. The summed E-state index contributed by atoms with van der Waals surface area (Å²) < 4.78 is 33.2. The van der Waals surface area contributed by atoms with Crippen LogP contribution in [0.2, 0.25) is 0 Å². The van der Waals surface area contributed by atoms with Crippen molar-refractivity contribution in [3.05, 3.63) is 125 Å². The van der Waals surface area contributed by atoms with Crippen molar-refractivity contribution >= 4 is 18.0 Å². The number of piperazine rings is 1. The summed E-state index contributed by atoms with van der Waals surface area (Å²) in [4.78, 5) is 24.2. The largest absolute Gasteiger partial charge is 0.478 e. The van der Waals surface area contributed by atoms with Crippen molar-refractivity contribution in [2.75, 3.05) is 32.8 Å². The van der Waals surface area contributed by atoms with Gasteiger partial charge in [0.25, 0.3) is 0 Å². The van der Waals surface area contributed by atoms with Gasteiger partial charge in [-0.1, -0.05) is 60.7 Å². The maximum atomic E-state index is 13.4. The maximum Gasteiger partial charge on any atom is 0.328 e. The summed E-state index contributed by atoms with van der Waals surface area (Å²) in [5.41, 5.74) is 4.32. The fraction of sp³-hybridized carbons (Fsp3) is 0.294. The number of piperidine rings is 1. The molecule has 43 heavy (non-hydrogen) atoms. The number of carboxylic acids is 2. The lowest BCUT2D eigenvalue weighted by Gasteiger charge is -2.56. The Morgan fingerprint density at radius 3 is 1.93 bits per heavy atom. The summed E-state index contributed by atoms with van der Waals surface area (Å²) in [7, 11) is 0. The van der Waals surface area contributed by atoms with Gasteiger partial charge in [-0.15, -0.1) is 0 Å². The molecule has 3 heterocycles. The zero-order chi connectivity index (χ0) is 30.8. The van der Waals surface area contributed by atoms with E-state index < -0.39 is 11.9 Å². The molecule has 9 heteroatoms.